The maximum atomic E-state index is 12.9. The van der Waals surface area contributed by atoms with E-state index in [0.29, 0.717) is 24.3 Å². The minimum absolute atomic E-state index is 0.214. The molecule has 6 heteroatoms. The summed E-state index contributed by atoms with van der Waals surface area (Å²) >= 11 is 0. The molecule has 1 amide bonds. The Morgan fingerprint density at radius 2 is 1.57 bits per heavy atom. The van der Waals surface area contributed by atoms with Crippen LogP contribution >= 0.6 is 0 Å². The number of amides is 1. The van der Waals surface area contributed by atoms with Gasteiger partial charge < -0.3 is 5.32 Å². The first-order valence-electron chi connectivity index (χ1n) is 9.44. The predicted molar refractivity (Wildman–Crippen MR) is 111 cm³/mol. The van der Waals surface area contributed by atoms with Gasteiger partial charge in [0.25, 0.3) is 5.91 Å². The van der Waals surface area contributed by atoms with Gasteiger partial charge in [0, 0.05) is 24.3 Å². The molecule has 0 aliphatic carbocycles. The van der Waals surface area contributed by atoms with Crippen molar-refractivity contribution in [3.05, 3.63) is 72.3 Å². The molecule has 28 heavy (non-hydrogen) atoms. The van der Waals surface area contributed by atoms with Crippen molar-refractivity contribution < 1.29 is 13.2 Å². The molecule has 0 atom stereocenters. The minimum Gasteiger partial charge on any atom is -0.322 e. The highest BCUT2D eigenvalue weighted by molar-refractivity contribution is 7.89. The zero-order valence-electron chi connectivity index (χ0n) is 15.5. The number of hydrogen-bond donors (Lipinski definition) is 1. The van der Waals surface area contributed by atoms with E-state index in [2.05, 4.69) is 5.32 Å². The quantitative estimate of drug-likeness (QED) is 0.719. The number of fused-ring (bicyclic) bond motifs is 1. The molecule has 0 aromatic heterocycles. The number of carbonyl (C=O) groups is 1. The van der Waals surface area contributed by atoms with Crippen LogP contribution in [0.4, 0.5) is 5.69 Å². The third-order valence-corrected chi connectivity index (χ3v) is 6.95. The van der Waals surface area contributed by atoms with Gasteiger partial charge in [0.05, 0.1) is 4.90 Å². The Balaban J connectivity index is 1.56. The van der Waals surface area contributed by atoms with Crippen LogP contribution in [0.15, 0.2) is 71.6 Å². The summed E-state index contributed by atoms with van der Waals surface area (Å²) in [6.07, 6.45) is 2.84. The molecule has 1 heterocycles. The SMILES string of the molecule is O=C(Nc1cccc(S(=O)(=O)N2CCCCC2)c1)c1ccc2ccccc2c1. The number of piperidine rings is 1. The molecule has 3 aromatic rings. The zero-order chi connectivity index (χ0) is 19.6. The Morgan fingerprint density at radius 1 is 0.821 bits per heavy atom. The van der Waals surface area contributed by atoms with Crippen molar-refractivity contribution in [2.75, 3.05) is 18.4 Å². The first-order chi connectivity index (χ1) is 13.5. The largest absolute Gasteiger partial charge is 0.322 e. The molecule has 1 fully saturated rings. The first-order valence-corrected chi connectivity index (χ1v) is 10.9. The van der Waals surface area contributed by atoms with Crippen LogP contribution in [0.3, 0.4) is 0 Å². The molecule has 0 spiro atoms. The van der Waals surface area contributed by atoms with Gasteiger partial charge in [-0.15, -0.1) is 0 Å². The third kappa shape index (κ3) is 3.79. The van der Waals surface area contributed by atoms with Gasteiger partial charge in [-0.25, -0.2) is 8.42 Å². The lowest BCUT2D eigenvalue weighted by Crippen LogP contribution is -2.35. The summed E-state index contributed by atoms with van der Waals surface area (Å²) < 4.78 is 27.2. The average Bonchev–Trinajstić information content (AvgIpc) is 2.74. The van der Waals surface area contributed by atoms with Crippen LogP contribution < -0.4 is 5.32 Å². The van der Waals surface area contributed by atoms with E-state index in [1.54, 1.807) is 24.3 Å². The first kappa shape index (κ1) is 18.7. The fraction of sp³-hybridized carbons (Fsp3) is 0.227. The van der Waals surface area contributed by atoms with Crippen LogP contribution in [0.25, 0.3) is 10.8 Å². The van der Waals surface area contributed by atoms with Crippen molar-refractivity contribution in [1.82, 2.24) is 4.31 Å². The fourth-order valence-corrected chi connectivity index (χ4v) is 5.09. The number of carbonyl (C=O) groups excluding carboxylic acids is 1. The molecule has 0 unspecified atom stereocenters. The molecule has 1 aliphatic heterocycles. The molecule has 0 bridgehead atoms. The van der Waals surface area contributed by atoms with Gasteiger partial charge in [-0.3, -0.25) is 4.79 Å². The van der Waals surface area contributed by atoms with Crippen LogP contribution in [-0.4, -0.2) is 31.7 Å². The van der Waals surface area contributed by atoms with E-state index < -0.39 is 10.0 Å². The van der Waals surface area contributed by atoms with E-state index in [-0.39, 0.29) is 10.8 Å². The lowest BCUT2D eigenvalue weighted by Gasteiger charge is -2.26. The van der Waals surface area contributed by atoms with Crippen LogP contribution in [0, 0.1) is 0 Å². The predicted octanol–water partition coefficient (Wildman–Crippen LogP) is 4.27. The van der Waals surface area contributed by atoms with Gasteiger partial charge >= 0.3 is 0 Å². The lowest BCUT2D eigenvalue weighted by atomic mass is 10.1. The molecule has 4 rings (SSSR count). The topological polar surface area (TPSA) is 66.5 Å². The normalized spacial score (nSPS) is 15.4. The van der Waals surface area contributed by atoms with Crippen molar-refractivity contribution in [2.45, 2.75) is 24.2 Å². The van der Waals surface area contributed by atoms with Crippen molar-refractivity contribution in [2.24, 2.45) is 0 Å². The second kappa shape index (κ2) is 7.73. The molecule has 1 N–H and O–H groups in total. The summed E-state index contributed by atoms with van der Waals surface area (Å²) in [6, 6.07) is 19.8. The van der Waals surface area contributed by atoms with E-state index in [1.807, 2.05) is 36.4 Å². The molecule has 1 saturated heterocycles. The van der Waals surface area contributed by atoms with Gasteiger partial charge in [-0.05, 0) is 53.9 Å². The Morgan fingerprint density at radius 3 is 2.36 bits per heavy atom. The molecule has 0 radical (unpaired) electrons. The Kier molecular flexibility index (Phi) is 5.15. The van der Waals surface area contributed by atoms with Crippen molar-refractivity contribution >= 4 is 32.4 Å². The van der Waals surface area contributed by atoms with Gasteiger partial charge in [-0.1, -0.05) is 42.8 Å². The minimum atomic E-state index is -3.53. The summed E-state index contributed by atoms with van der Waals surface area (Å²) in [5, 5.41) is 4.86. The van der Waals surface area contributed by atoms with Gasteiger partial charge in [0.2, 0.25) is 10.0 Å². The Bertz CT molecular complexity index is 1120. The van der Waals surface area contributed by atoms with E-state index in [0.717, 1.165) is 30.0 Å². The molecule has 3 aromatic carbocycles. The second-order valence-corrected chi connectivity index (χ2v) is 8.95. The molecular formula is C22H22N2O3S. The smallest absolute Gasteiger partial charge is 0.255 e. The molecule has 1 aliphatic rings. The van der Waals surface area contributed by atoms with E-state index >= 15 is 0 Å². The van der Waals surface area contributed by atoms with Crippen molar-refractivity contribution in [1.29, 1.82) is 0 Å². The van der Waals surface area contributed by atoms with E-state index in [1.165, 1.54) is 10.4 Å². The van der Waals surface area contributed by atoms with Gasteiger partial charge in [0.15, 0.2) is 0 Å². The Hall–Kier alpha value is -2.70. The number of nitrogens with one attached hydrogen (secondary N) is 1. The lowest BCUT2D eigenvalue weighted by molar-refractivity contribution is 0.102. The van der Waals surface area contributed by atoms with Crippen molar-refractivity contribution in [3.63, 3.8) is 0 Å². The summed E-state index contributed by atoms with van der Waals surface area (Å²) in [5.74, 6) is -0.265. The fourth-order valence-electron chi connectivity index (χ4n) is 3.52. The molecular weight excluding hydrogens is 372 g/mol. The maximum Gasteiger partial charge on any atom is 0.255 e. The van der Waals surface area contributed by atoms with E-state index in [9.17, 15) is 13.2 Å². The molecule has 5 nitrogen and oxygen atoms in total. The number of nitrogens with zero attached hydrogens (tertiary/aromatic N) is 1. The second-order valence-electron chi connectivity index (χ2n) is 7.01. The third-order valence-electron chi connectivity index (χ3n) is 5.06. The average molecular weight is 394 g/mol. The highest BCUT2D eigenvalue weighted by atomic mass is 32.2. The highest BCUT2D eigenvalue weighted by Gasteiger charge is 2.26. The van der Waals surface area contributed by atoms with Gasteiger partial charge in [0.1, 0.15) is 0 Å². The Labute approximate surface area is 165 Å². The number of rotatable bonds is 4. The van der Waals surface area contributed by atoms with Crippen LogP contribution in [-0.2, 0) is 10.0 Å². The molecule has 0 saturated carbocycles. The molecule has 144 valence electrons. The van der Waals surface area contributed by atoms with Gasteiger partial charge in [-0.2, -0.15) is 4.31 Å². The number of anilines is 1. The number of hydrogen-bond acceptors (Lipinski definition) is 3. The van der Waals surface area contributed by atoms with Crippen LogP contribution in [0.5, 0.6) is 0 Å². The summed E-state index contributed by atoms with van der Waals surface area (Å²) in [5.41, 5.74) is 0.999. The monoisotopic (exact) mass is 394 g/mol. The van der Waals surface area contributed by atoms with E-state index in [4.69, 9.17) is 0 Å². The number of sulfonamides is 1. The maximum absolute atomic E-state index is 12.9. The van der Waals surface area contributed by atoms with Crippen LogP contribution in [0.1, 0.15) is 29.6 Å². The zero-order valence-corrected chi connectivity index (χ0v) is 16.3. The summed E-state index contributed by atoms with van der Waals surface area (Å²) in [6.45, 7) is 1.10. The number of benzene rings is 3. The van der Waals surface area contributed by atoms with Crippen LogP contribution in [0.2, 0.25) is 0 Å². The standard InChI is InChI=1S/C22H22N2O3S/c25-22(19-12-11-17-7-2-3-8-18(17)15-19)23-20-9-6-10-21(16-20)28(26,27)24-13-4-1-5-14-24/h2-3,6-12,15-16H,1,4-5,13-14H2,(H,23,25). The summed E-state index contributed by atoms with van der Waals surface area (Å²) in [7, 11) is -3.53. The summed E-state index contributed by atoms with van der Waals surface area (Å²) in [4.78, 5) is 12.9. The van der Waals surface area contributed by atoms with Crippen molar-refractivity contribution in [3.8, 4) is 0 Å². The highest BCUT2D eigenvalue weighted by Crippen LogP contribution is 2.23.